The SMILES string of the molecule is O=c1[nH]ncc(N[C@H]2CCCC(Cn3ccc4cc(-c5ccc(C(F)(F)F)cn5)c(F)cc4c3=O)C2)c1C(F)(F)F. The summed E-state index contributed by atoms with van der Waals surface area (Å²) in [5, 5.41) is 8.49. The number of aromatic nitrogens is 4. The molecular formula is C27H22F7N5O2. The first kappa shape index (κ1) is 28.3. The van der Waals surface area contributed by atoms with E-state index in [9.17, 15) is 40.3 Å². The van der Waals surface area contributed by atoms with Crippen molar-refractivity contribution in [2.24, 2.45) is 5.92 Å². The molecule has 2 N–H and O–H groups in total. The summed E-state index contributed by atoms with van der Waals surface area (Å²) in [6.07, 6.45) is -4.06. The standard InChI is InChI=1S/C27H22F7N5O2/c28-20-10-18-15(9-19(20)21-5-4-16(11-35-21)26(29,30)31)6-7-39(25(18)41)13-14-2-1-3-17(8-14)37-22-12-36-38-24(40)23(22)27(32,33)34/h4-7,9-12,14,17H,1-3,8,13H2,(H2,37,38,40)/t14?,17-/m0/s1. The largest absolute Gasteiger partial charge is 0.423 e. The molecule has 1 saturated carbocycles. The lowest BCUT2D eigenvalue weighted by Crippen LogP contribution is -2.33. The van der Waals surface area contributed by atoms with E-state index in [4.69, 9.17) is 0 Å². The van der Waals surface area contributed by atoms with Crippen LogP contribution in [0.15, 0.2) is 58.5 Å². The summed E-state index contributed by atoms with van der Waals surface area (Å²) in [7, 11) is 0. The summed E-state index contributed by atoms with van der Waals surface area (Å²) in [5.41, 5.74) is -4.65. The topological polar surface area (TPSA) is 92.7 Å². The molecule has 1 aliphatic carbocycles. The first-order valence-corrected chi connectivity index (χ1v) is 12.6. The van der Waals surface area contributed by atoms with Gasteiger partial charge in [-0.25, -0.2) is 9.49 Å². The van der Waals surface area contributed by atoms with Crippen molar-refractivity contribution in [2.75, 3.05) is 5.32 Å². The predicted molar refractivity (Wildman–Crippen MR) is 136 cm³/mol. The van der Waals surface area contributed by atoms with Crippen LogP contribution in [0.5, 0.6) is 0 Å². The number of hydrogen-bond acceptors (Lipinski definition) is 5. The van der Waals surface area contributed by atoms with Crippen molar-refractivity contribution in [3.63, 3.8) is 0 Å². The fraction of sp³-hybridized carbons (Fsp3) is 0.333. The summed E-state index contributed by atoms with van der Waals surface area (Å²) in [6, 6.07) is 5.41. The average molecular weight is 581 g/mol. The maximum atomic E-state index is 15.0. The van der Waals surface area contributed by atoms with Crippen molar-refractivity contribution in [2.45, 2.75) is 50.6 Å². The molecule has 3 heterocycles. The highest BCUT2D eigenvalue weighted by Gasteiger charge is 2.38. The molecule has 41 heavy (non-hydrogen) atoms. The highest BCUT2D eigenvalue weighted by Crippen LogP contribution is 2.35. The molecule has 14 heteroatoms. The van der Waals surface area contributed by atoms with Crippen molar-refractivity contribution in [3.8, 4) is 11.3 Å². The lowest BCUT2D eigenvalue weighted by molar-refractivity contribution is -0.138. The third-order valence-electron chi connectivity index (χ3n) is 7.17. The number of pyridine rings is 2. The number of H-pyrrole nitrogens is 1. The molecule has 0 saturated heterocycles. The average Bonchev–Trinajstić information content (AvgIpc) is 2.89. The molecule has 2 atom stereocenters. The van der Waals surface area contributed by atoms with Crippen LogP contribution in [0.3, 0.4) is 0 Å². The quantitative estimate of drug-likeness (QED) is 0.283. The number of nitrogens with one attached hydrogen (secondary N) is 2. The smallest absolute Gasteiger partial charge is 0.380 e. The molecule has 0 bridgehead atoms. The highest BCUT2D eigenvalue weighted by molar-refractivity contribution is 5.86. The molecule has 1 aromatic carbocycles. The van der Waals surface area contributed by atoms with Gasteiger partial charge < -0.3 is 9.88 Å². The molecule has 0 spiro atoms. The summed E-state index contributed by atoms with van der Waals surface area (Å²) in [4.78, 5) is 28.7. The van der Waals surface area contributed by atoms with Crippen LogP contribution in [0.1, 0.15) is 36.8 Å². The van der Waals surface area contributed by atoms with Gasteiger partial charge in [0.15, 0.2) is 0 Å². The van der Waals surface area contributed by atoms with Crippen molar-refractivity contribution in [3.05, 3.63) is 86.6 Å². The van der Waals surface area contributed by atoms with Crippen LogP contribution >= 0.6 is 0 Å². The van der Waals surface area contributed by atoms with E-state index in [1.54, 1.807) is 11.2 Å². The summed E-state index contributed by atoms with van der Waals surface area (Å²) in [5.74, 6) is -0.922. The third kappa shape index (κ3) is 5.95. The second kappa shape index (κ2) is 10.6. The van der Waals surface area contributed by atoms with E-state index >= 15 is 0 Å². The van der Waals surface area contributed by atoms with E-state index in [1.165, 1.54) is 16.8 Å². The van der Waals surface area contributed by atoms with Gasteiger partial charge in [-0.05, 0) is 60.9 Å². The van der Waals surface area contributed by atoms with Crippen LogP contribution in [0.2, 0.25) is 0 Å². The number of hydrogen-bond donors (Lipinski definition) is 2. The summed E-state index contributed by atoms with van der Waals surface area (Å²) >= 11 is 0. The fourth-order valence-corrected chi connectivity index (χ4v) is 5.24. The maximum Gasteiger partial charge on any atom is 0.423 e. The van der Waals surface area contributed by atoms with E-state index in [0.29, 0.717) is 37.3 Å². The van der Waals surface area contributed by atoms with Gasteiger partial charge in [0.05, 0.1) is 28.5 Å². The zero-order valence-electron chi connectivity index (χ0n) is 21.1. The first-order chi connectivity index (χ1) is 19.3. The molecule has 216 valence electrons. The zero-order valence-corrected chi connectivity index (χ0v) is 21.1. The van der Waals surface area contributed by atoms with E-state index in [1.807, 2.05) is 0 Å². The molecule has 1 unspecified atom stereocenters. The Labute approximate surface area is 227 Å². The van der Waals surface area contributed by atoms with E-state index in [0.717, 1.165) is 24.4 Å². The Morgan fingerprint density at radius 1 is 1.00 bits per heavy atom. The van der Waals surface area contributed by atoms with Gasteiger partial charge in [0.25, 0.3) is 11.1 Å². The van der Waals surface area contributed by atoms with Crippen molar-refractivity contribution < 1.29 is 30.7 Å². The van der Waals surface area contributed by atoms with Crippen molar-refractivity contribution in [1.82, 2.24) is 19.7 Å². The van der Waals surface area contributed by atoms with Crippen LogP contribution in [0.25, 0.3) is 22.0 Å². The molecule has 0 radical (unpaired) electrons. The number of rotatable bonds is 5. The van der Waals surface area contributed by atoms with Gasteiger partial charge in [0, 0.05) is 30.5 Å². The van der Waals surface area contributed by atoms with E-state index < -0.39 is 52.1 Å². The molecule has 1 aliphatic rings. The Balaban J connectivity index is 1.35. The van der Waals surface area contributed by atoms with Gasteiger partial charge in [-0.3, -0.25) is 14.6 Å². The van der Waals surface area contributed by atoms with E-state index in [2.05, 4.69) is 15.4 Å². The fourth-order valence-electron chi connectivity index (χ4n) is 5.24. The number of benzene rings is 1. The van der Waals surface area contributed by atoms with E-state index in [-0.39, 0.29) is 29.1 Å². The second-order valence-electron chi connectivity index (χ2n) is 9.98. The molecule has 1 fully saturated rings. The predicted octanol–water partition coefficient (Wildman–Crippen LogP) is 5.99. The Morgan fingerprint density at radius 2 is 1.78 bits per heavy atom. The summed E-state index contributed by atoms with van der Waals surface area (Å²) in [6.45, 7) is 0.233. The molecular weight excluding hydrogens is 559 g/mol. The van der Waals surface area contributed by atoms with Crippen LogP contribution in [0, 0.1) is 11.7 Å². The number of nitrogens with zero attached hydrogens (tertiary/aromatic N) is 3. The van der Waals surface area contributed by atoms with Crippen LogP contribution < -0.4 is 16.4 Å². The van der Waals surface area contributed by atoms with Crippen molar-refractivity contribution >= 4 is 16.5 Å². The molecule has 7 nitrogen and oxygen atoms in total. The monoisotopic (exact) mass is 581 g/mol. The zero-order chi connectivity index (χ0) is 29.5. The summed E-state index contributed by atoms with van der Waals surface area (Å²) < 4.78 is 95.1. The van der Waals surface area contributed by atoms with Gasteiger partial charge in [-0.2, -0.15) is 31.4 Å². The Hall–Kier alpha value is -4.23. The number of fused-ring (bicyclic) bond motifs is 1. The van der Waals surface area contributed by atoms with Gasteiger partial charge in [-0.15, -0.1) is 0 Å². The Kier molecular flexibility index (Phi) is 7.34. The normalized spacial score (nSPS) is 18.0. The molecule has 3 aromatic heterocycles. The number of halogens is 7. The van der Waals surface area contributed by atoms with Crippen LogP contribution in [-0.4, -0.2) is 25.8 Å². The minimum Gasteiger partial charge on any atom is -0.380 e. The molecule has 0 aliphatic heterocycles. The minimum absolute atomic E-state index is 0.0217. The maximum absolute atomic E-state index is 15.0. The number of aromatic amines is 1. The molecule has 0 amide bonds. The minimum atomic E-state index is -4.87. The van der Waals surface area contributed by atoms with Gasteiger partial charge in [-0.1, -0.05) is 6.42 Å². The van der Waals surface area contributed by atoms with Crippen molar-refractivity contribution in [1.29, 1.82) is 0 Å². The molecule has 5 rings (SSSR count). The Morgan fingerprint density at radius 3 is 2.46 bits per heavy atom. The van der Waals surface area contributed by atoms with Gasteiger partial charge in [0.2, 0.25) is 0 Å². The van der Waals surface area contributed by atoms with Gasteiger partial charge in [0.1, 0.15) is 11.4 Å². The van der Waals surface area contributed by atoms with Gasteiger partial charge >= 0.3 is 12.4 Å². The third-order valence-corrected chi connectivity index (χ3v) is 7.17. The highest BCUT2D eigenvalue weighted by atomic mass is 19.4. The lowest BCUT2D eigenvalue weighted by atomic mass is 9.85. The lowest BCUT2D eigenvalue weighted by Gasteiger charge is -2.31. The second-order valence-corrected chi connectivity index (χ2v) is 9.98. The Bertz CT molecular complexity index is 1690. The molecule has 4 aromatic rings. The van der Waals surface area contributed by atoms with Crippen LogP contribution in [0.4, 0.5) is 36.4 Å². The number of anilines is 1. The number of alkyl halides is 6. The van der Waals surface area contributed by atoms with Crippen LogP contribution in [-0.2, 0) is 18.9 Å². The first-order valence-electron chi connectivity index (χ1n) is 12.6.